The van der Waals surface area contributed by atoms with Crippen molar-refractivity contribution in [1.29, 1.82) is 0 Å². The Kier molecular flexibility index (Phi) is 6.03. The fourth-order valence-corrected chi connectivity index (χ4v) is 3.04. The number of thiocarbonyl (C=S) groups is 1. The van der Waals surface area contributed by atoms with Crippen LogP contribution in [0.1, 0.15) is 11.1 Å². The van der Waals surface area contributed by atoms with Gasteiger partial charge >= 0.3 is 0 Å². The molecule has 1 aromatic carbocycles. The second-order valence-electron chi connectivity index (χ2n) is 6.38. The molecule has 1 saturated heterocycles. The maximum atomic E-state index is 5.51. The molecule has 4 nitrogen and oxygen atoms in total. The number of piperazine rings is 1. The normalized spacial score (nSPS) is 15.3. The number of hydrogen-bond donors (Lipinski definition) is 2. The van der Waals surface area contributed by atoms with E-state index < -0.39 is 0 Å². The molecule has 0 spiro atoms. The summed E-state index contributed by atoms with van der Waals surface area (Å²) >= 11 is 5.51. The van der Waals surface area contributed by atoms with E-state index in [1.54, 1.807) is 0 Å². The lowest BCUT2D eigenvalue weighted by atomic mass is 10.1. The number of hydrogen-bond acceptors (Lipinski definition) is 2. The van der Waals surface area contributed by atoms with Gasteiger partial charge in [0.05, 0.1) is 27.2 Å². The molecule has 0 bridgehead atoms. The number of nitrogens with zero attached hydrogens (tertiary/aromatic N) is 2. The van der Waals surface area contributed by atoms with Gasteiger partial charge in [0.15, 0.2) is 5.11 Å². The SMILES string of the molecule is Cc1cccc(N2CCN(C(=S)NCC[NH+](C)C)CC2)c1C. The Labute approximate surface area is 140 Å². The fourth-order valence-electron chi connectivity index (χ4n) is 2.76. The first-order valence-electron chi connectivity index (χ1n) is 8.12. The Morgan fingerprint density at radius 3 is 2.50 bits per heavy atom. The van der Waals surface area contributed by atoms with Gasteiger partial charge in [0.25, 0.3) is 0 Å². The molecular weight excluding hydrogens is 292 g/mol. The highest BCUT2D eigenvalue weighted by atomic mass is 32.1. The molecule has 0 saturated carbocycles. The highest BCUT2D eigenvalue weighted by Crippen LogP contribution is 2.23. The molecule has 0 amide bonds. The van der Waals surface area contributed by atoms with E-state index in [4.69, 9.17) is 12.2 Å². The average Bonchev–Trinajstić information content (AvgIpc) is 2.50. The predicted molar refractivity (Wildman–Crippen MR) is 98.0 cm³/mol. The minimum atomic E-state index is 0.905. The van der Waals surface area contributed by atoms with Crippen LogP contribution in [-0.2, 0) is 0 Å². The molecule has 1 fully saturated rings. The summed E-state index contributed by atoms with van der Waals surface area (Å²) < 4.78 is 0. The van der Waals surface area contributed by atoms with Crippen LogP contribution < -0.4 is 15.1 Å². The number of rotatable bonds is 4. The number of quaternary nitrogens is 1. The average molecular weight is 322 g/mol. The molecule has 0 radical (unpaired) electrons. The summed E-state index contributed by atoms with van der Waals surface area (Å²) in [4.78, 5) is 6.21. The van der Waals surface area contributed by atoms with Crippen LogP contribution in [0.3, 0.4) is 0 Å². The maximum absolute atomic E-state index is 5.51. The van der Waals surface area contributed by atoms with Gasteiger partial charge in [-0.3, -0.25) is 0 Å². The van der Waals surface area contributed by atoms with Crippen molar-refractivity contribution in [2.45, 2.75) is 13.8 Å². The lowest BCUT2D eigenvalue weighted by Crippen LogP contribution is -3.06. The van der Waals surface area contributed by atoms with Crippen molar-refractivity contribution in [3.63, 3.8) is 0 Å². The smallest absolute Gasteiger partial charge is 0.169 e. The van der Waals surface area contributed by atoms with E-state index in [2.05, 4.69) is 61.3 Å². The molecule has 1 aliphatic rings. The van der Waals surface area contributed by atoms with E-state index in [1.807, 2.05) is 0 Å². The monoisotopic (exact) mass is 321 g/mol. The maximum Gasteiger partial charge on any atom is 0.169 e. The molecular formula is C17H29N4S+. The van der Waals surface area contributed by atoms with Gasteiger partial charge in [-0.15, -0.1) is 0 Å². The molecule has 0 unspecified atom stereocenters. The van der Waals surface area contributed by atoms with Gasteiger partial charge in [-0.1, -0.05) is 12.1 Å². The largest absolute Gasteiger partial charge is 0.368 e. The van der Waals surface area contributed by atoms with Crippen molar-refractivity contribution in [3.8, 4) is 0 Å². The zero-order chi connectivity index (χ0) is 16.1. The number of benzene rings is 1. The van der Waals surface area contributed by atoms with Crippen LogP contribution in [0.2, 0.25) is 0 Å². The molecule has 22 heavy (non-hydrogen) atoms. The second kappa shape index (κ2) is 7.79. The van der Waals surface area contributed by atoms with Gasteiger partial charge < -0.3 is 20.0 Å². The summed E-state index contributed by atoms with van der Waals surface area (Å²) in [7, 11) is 4.32. The van der Waals surface area contributed by atoms with E-state index in [0.717, 1.165) is 44.4 Å². The predicted octanol–water partition coefficient (Wildman–Crippen LogP) is 0.444. The van der Waals surface area contributed by atoms with Crippen LogP contribution in [0, 0.1) is 13.8 Å². The lowest BCUT2D eigenvalue weighted by molar-refractivity contribution is -0.856. The Morgan fingerprint density at radius 2 is 1.86 bits per heavy atom. The van der Waals surface area contributed by atoms with Crippen LogP contribution in [0.15, 0.2) is 18.2 Å². The van der Waals surface area contributed by atoms with Crippen LogP contribution in [0.5, 0.6) is 0 Å². The third kappa shape index (κ3) is 4.34. The van der Waals surface area contributed by atoms with Gasteiger partial charge in [-0.25, -0.2) is 0 Å². The molecule has 0 aliphatic carbocycles. The molecule has 0 aromatic heterocycles. The van der Waals surface area contributed by atoms with E-state index in [0.29, 0.717) is 0 Å². The Bertz CT molecular complexity index is 507. The molecule has 2 rings (SSSR count). The van der Waals surface area contributed by atoms with Crippen molar-refractivity contribution < 1.29 is 4.90 Å². The highest BCUT2D eigenvalue weighted by molar-refractivity contribution is 7.80. The minimum absolute atomic E-state index is 0.905. The first-order chi connectivity index (χ1) is 10.5. The second-order valence-corrected chi connectivity index (χ2v) is 6.77. The zero-order valence-corrected chi connectivity index (χ0v) is 15.1. The van der Waals surface area contributed by atoms with Crippen LogP contribution in [0.25, 0.3) is 0 Å². The van der Waals surface area contributed by atoms with Gasteiger partial charge in [-0.05, 0) is 43.3 Å². The third-order valence-electron chi connectivity index (χ3n) is 4.38. The minimum Gasteiger partial charge on any atom is -0.368 e. The van der Waals surface area contributed by atoms with Crippen molar-refractivity contribution >= 4 is 23.0 Å². The van der Waals surface area contributed by atoms with E-state index in [1.165, 1.54) is 21.7 Å². The Balaban J connectivity index is 1.85. The van der Waals surface area contributed by atoms with Crippen molar-refractivity contribution in [2.24, 2.45) is 0 Å². The molecule has 122 valence electrons. The Morgan fingerprint density at radius 1 is 1.18 bits per heavy atom. The number of likely N-dealkylation sites (N-methyl/N-ethyl adjacent to an activating group) is 1. The van der Waals surface area contributed by atoms with Gasteiger partial charge in [0, 0.05) is 31.9 Å². The topological polar surface area (TPSA) is 22.9 Å². The van der Waals surface area contributed by atoms with Crippen molar-refractivity contribution in [3.05, 3.63) is 29.3 Å². The van der Waals surface area contributed by atoms with Crippen LogP contribution in [-0.4, -0.2) is 63.4 Å². The Hall–Kier alpha value is -1.33. The summed E-state index contributed by atoms with van der Waals surface area (Å²) in [5, 5.41) is 4.28. The summed E-state index contributed by atoms with van der Waals surface area (Å²) in [6, 6.07) is 6.56. The summed E-state index contributed by atoms with van der Waals surface area (Å²) in [6.45, 7) is 10.5. The molecule has 1 aromatic rings. The lowest BCUT2D eigenvalue weighted by Gasteiger charge is -2.38. The highest BCUT2D eigenvalue weighted by Gasteiger charge is 2.20. The number of aryl methyl sites for hydroxylation is 1. The number of nitrogens with one attached hydrogen (secondary N) is 2. The fraction of sp³-hybridized carbons (Fsp3) is 0.588. The van der Waals surface area contributed by atoms with E-state index in [-0.39, 0.29) is 0 Å². The van der Waals surface area contributed by atoms with Crippen molar-refractivity contribution in [1.82, 2.24) is 10.2 Å². The molecule has 2 N–H and O–H groups in total. The van der Waals surface area contributed by atoms with Gasteiger partial charge in [0.2, 0.25) is 0 Å². The third-order valence-corrected chi connectivity index (χ3v) is 4.79. The summed E-state index contributed by atoms with van der Waals surface area (Å²) in [5.41, 5.74) is 4.13. The molecule has 1 heterocycles. The van der Waals surface area contributed by atoms with Gasteiger partial charge in [-0.2, -0.15) is 0 Å². The molecule has 0 atom stereocenters. The standard InChI is InChI=1S/C17H28N4S/c1-14-6-5-7-16(15(14)2)20-10-12-21(13-11-20)17(22)18-8-9-19(3)4/h5-7H,8-13H2,1-4H3,(H,18,22)/p+1. The van der Waals surface area contributed by atoms with Crippen molar-refractivity contribution in [2.75, 3.05) is 58.3 Å². The molecule has 1 aliphatic heterocycles. The molecule has 5 heteroatoms. The summed E-state index contributed by atoms with van der Waals surface area (Å²) in [6.07, 6.45) is 0. The summed E-state index contributed by atoms with van der Waals surface area (Å²) in [5.74, 6) is 0. The van der Waals surface area contributed by atoms with Crippen LogP contribution >= 0.6 is 12.2 Å². The first kappa shape index (κ1) is 17.0. The first-order valence-corrected chi connectivity index (χ1v) is 8.53. The number of anilines is 1. The quantitative estimate of drug-likeness (QED) is 0.786. The van der Waals surface area contributed by atoms with E-state index in [9.17, 15) is 0 Å². The zero-order valence-electron chi connectivity index (χ0n) is 14.3. The van der Waals surface area contributed by atoms with Gasteiger partial charge in [0.1, 0.15) is 0 Å². The van der Waals surface area contributed by atoms with E-state index >= 15 is 0 Å². The van der Waals surface area contributed by atoms with Crippen LogP contribution in [0.4, 0.5) is 5.69 Å².